The Labute approximate surface area is 214 Å². The lowest BCUT2D eigenvalue weighted by molar-refractivity contribution is -0.117. The summed E-state index contributed by atoms with van der Waals surface area (Å²) in [7, 11) is -2.31. The summed E-state index contributed by atoms with van der Waals surface area (Å²) in [6.07, 6.45) is 3.63. The highest BCUT2D eigenvalue weighted by molar-refractivity contribution is 7.87. The predicted octanol–water partition coefficient (Wildman–Crippen LogP) is 5.80. The Balaban J connectivity index is 1.69. The molecule has 0 amide bonds. The van der Waals surface area contributed by atoms with E-state index in [0.717, 1.165) is 24.2 Å². The van der Waals surface area contributed by atoms with Crippen molar-refractivity contribution >= 4 is 44.9 Å². The zero-order valence-corrected chi connectivity index (χ0v) is 21.3. The average Bonchev–Trinajstić information content (AvgIpc) is 2.82. The lowest BCUT2D eigenvalue weighted by atomic mass is 9.71. The quantitative estimate of drug-likeness (QED) is 0.463. The van der Waals surface area contributed by atoms with Gasteiger partial charge in [0.05, 0.1) is 0 Å². The summed E-state index contributed by atoms with van der Waals surface area (Å²) < 4.78 is 31.8. The van der Waals surface area contributed by atoms with Crippen LogP contribution in [-0.2, 0) is 19.7 Å². The lowest BCUT2D eigenvalue weighted by Crippen LogP contribution is -2.37. The van der Waals surface area contributed by atoms with Crippen molar-refractivity contribution in [1.29, 1.82) is 0 Å². The maximum Gasteiger partial charge on any atom is 0.339 e. The molecular weight excluding hydrogens is 509 g/mol. The second-order valence-electron chi connectivity index (χ2n) is 8.94. The second-order valence-corrected chi connectivity index (χ2v) is 11.4. The van der Waals surface area contributed by atoms with Crippen LogP contribution >= 0.6 is 23.2 Å². The van der Waals surface area contributed by atoms with E-state index < -0.39 is 16.0 Å². The molecule has 0 N–H and O–H groups in total. The van der Waals surface area contributed by atoms with Crippen molar-refractivity contribution in [3.63, 3.8) is 0 Å². The number of hydrogen-bond donors (Lipinski definition) is 0. The summed E-state index contributed by atoms with van der Waals surface area (Å²) in [5, 5.41) is 0.749. The van der Waals surface area contributed by atoms with Crippen molar-refractivity contribution in [1.82, 2.24) is 4.90 Å². The summed E-state index contributed by atoms with van der Waals surface area (Å²) in [5.74, 6) is -0.778. The molecule has 3 aliphatic rings. The van der Waals surface area contributed by atoms with Gasteiger partial charge < -0.3 is 9.08 Å². The summed E-state index contributed by atoms with van der Waals surface area (Å²) in [5.41, 5.74) is 3.22. The molecule has 0 saturated heterocycles. The van der Waals surface area contributed by atoms with Crippen LogP contribution in [0.25, 0.3) is 0 Å². The van der Waals surface area contributed by atoms with Gasteiger partial charge in [0, 0.05) is 64.0 Å². The third-order valence-electron chi connectivity index (χ3n) is 6.83. The van der Waals surface area contributed by atoms with E-state index in [0.29, 0.717) is 52.4 Å². The van der Waals surface area contributed by atoms with E-state index in [4.69, 9.17) is 27.4 Å². The van der Waals surface area contributed by atoms with Gasteiger partial charge in [0.1, 0.15) is 10.6 Å². The third kappa shape index (κ3) is 4.30. The number of ketones is 2. The molecule has 2 aliphatic carbocycles. The minimum Gasteiger partial charge on any atom is -0.379 e. The molecule has 0 spiro atoms. The minimum absolute atomic E-state index is 0.0364. The molecule has 6 nitrogen and oxygen atoms in total. The Morgan fingerprint density at radius 2 is 1.37 bits per heavy atom. The number of hydrogen-bond acceptors (Lipinski definition) is 6. The molecule has 0 saturated carbocycles. The van der Waals surface area contributed by atoms with Gasteiger partial charge in [0.25, 0.3) is 0 Å². The van der Waals surface area contributed by atoms with Gasteiger partial charge in [0.15, 0.2) is 11.6 Å². The van der Waals surface area contributed by atoms with Crippen molar-refractivity contribution < 1.29 is 22.2 Å². The molecular formula is C26H23Cl2NO5S. The van der Waals surface area contributed by atoms with Crippen molar-refractivity contribution in [2.24, 2.45) is 0 Å². The van der Waals surface area contributed by atoms with Gasteiger partial charge >= 0.3 is 10.1 Å². The average molecular weight is 532 g/mol. The molecule has 0 fully saturated rings. The zero-order chi connectivity index (χ0) is 24.9. The number of halogens is 2. The fourth-order valence-electron chi connectivity index (χ4n) is 5.25. The third-order valence-corrected chi connectivity index (χ3v) is 8.56. The number of rotatable bonds is 4. The van der Waals surface area contributed by atoms with Crippen LogP contribution in [0.15, 0.2) is 69.9 Å². The highest BCUT2D eigenvalue weighted by atomic mass is 35.5. The van der Waals surface area contributed by atoms with E-state index in [1.807, 2.05) is 11.9 Å². The first-order chi connectivity index (χ1) is 16.7. The highest BCUT2D eigenvalue weighted by Crippen LogP contribution is 2.50. The molecule has 0 atom stereocenters. The van der Waals surface area contributed by atoms with E-state index in [1.165, 1.54) is 36.4 Å². The van der Waals surface area contributed by atoms with Gasteiger partial charge in [-0.1, -0.05) is 23.2 Å². The van der Waals surface area contributed by atoms with Gasteiger partial charge in [-0.15, -0.1) is 0 Å². The summed E-state index contributed by atoms with van der Waals surface area (Å²) in [6.45, 7) is 0. The Bertz CT molecular complexity index is 1370. The number of carbonyl (C=O) groups excluding carboxylic acids is 2. The first-order valence-electron chi connectivity index (χ1n) is 11.4. The van der Waals surface area contributed by atoms with Crippen molar-refractivity contribution in [3.05, 3.63) is 80.6 Å². The number of carbonyl (C=O) groups is 2. The number of nitrogens with zero attached hydrogens (tertiary/aromatic N) is 1. The van der Waals surface area contributed by atoms with Crippen LogP contribution in [0, 0.1) is 0 Å². The van der Waals surface area contributed by atoms with Crippen LogP contribution in [0.5, 0.6) is 5.75 Å². The first kappa shape index (κ1) is 24.1. The molecule has 182 valence electrons. The summed E-state index contributed by atoms with van der Waals surface area (Å²) in [6, 6.07) is 10.3. The second kappa shape index (κ2) is 9.12. The number of allylic oxidation sites excluding steroid dienone is 4. The number of benzene rings is 2. The standard InChI is InChI=1S/C26H23Cl2NO5S/c1-29-19-4-2-6-21(30)25(19)24(26-20(29)5-3-7-22(26)31)18-14-16(28)10-13-23(18)34-35(32,33)17-11-8-15(27)9-12-17/h8-14,24H,2-7H2,1H3. The van der Waals surface area contributed by atoms with Crippen LogP contribution in [-0.4, -0.2) is 31.9 Å². The summed E-state index contributed by atoms with van der Waals surface area (Å²) >= 11 is 12.3. The van der Waals surface area contributed by atoms with Gasteiger partial charge in [0.2, 0.25) is 0 Å². The van der Waals surface area contributed by atoms with Crippen molar-refractivity contribution in [2.75, 3.05) is 7.05 Å². The molecule has 9 heteroatoms. The Hall–Kier alpha value is -2.61. The smallest absolute Gasteiger partial charge is 0.339 e. The zero-order valence-electron chi connectivity index (χ0n) is 19.0. The van der Waals surface area contributed by atoms with Gasteiger partial charge in [-0.2, -0.15) is 8.42 Å². The summed E-state index contributed by atoms with van der Waals surface area (Å²) in [4.78, 5) is 28.4. The van der Waals surface area contributed by atoms with Crippen LogP contribution in [0.3, 0.4) is 0 Å². The minimum atomic E-state index is -4.21. The maximum absolute atomic E-state index is 13.3. The normalized spacial score (nSPS) is 19.1. The molecule has 2 aromatic rings. The maximum atomic E-state index is 13.3. The van der Waals surface area contributed by atoms with Crippen LogP contribution in [0.1, 0.15) is 50.0 Å². The van der Waals surface area contributed by atoms with E-state index in [9.17, 15) is 18.0 Å². The molecule has 5 rings (SSSR count). The van der Waals surface area contributed by atoms with Gasteiger partial charge in [-0.25, -0.2) is 0 Å². The Morgan fingerprint density at radius 1 is 0.829 bits per heavy atom. The van der Waals surface area contributed by atoms with Gasteiger partial charge in [-0.05, 0) is 68.1 Å². The van der Waals surface area contributed by atoms with E-state index in [-0.39, 0.29) is 22.2 Å². The number of Topliss-reactive ketones (excluding diaryl/α,β-unsaturated/α-hetero) is 2. The van der Waals surface area contributed by atoms with Crippen molar-refractivity contribution in [3.8, 4) is 5.75 Å². The van der Waals surface area contributed by atoms with Crippen LogP contribution < -0.4 is 4.18 Å². The largest absolute Gasteiger partial charge is 0.379 e. The van der Waals surface area contributed by atoms with Crippen molar-refractivity contribution in [2.45, 2.75) is 49.3 Å². The van der Waals surface area contributed by atoms with E-state index >= 15 is 0 Å². The SMILES string of the molecule is CN1C2=C(C(=O)CCC2)C(c2cc(Cl)ccc2OS(=O)(=O)c2ccc(Cl)cc2)C2=C1CCCC2=O. The Kier molecular flexibility index (Phi) is 6.28. The highest BCUT2D eigenvalue weighted by Gasteiger charge is 2.43. The molecule has 1 heterocycles. The predicted molar refractivity (Wildman–Crippen MR) is 133 cm³/mol. The molecule has 0 bridgehead atoms. The molecule has 0 radical (unpaired) electrons. The molecule has 0 aromatic heterocycles. The van der Waals surface area contributed by atoms with E-state index in [1.54, 1.807) is 6.07 Å². The van der Waals surface area contributed by atoms with Crippen LogP contribution in [0.4, 0.5) is 0 Å². The fourth-order valence-corrected chi connectivity index (χ4v) is 6.51. The Morgan fingerprint density at radius 3 is 1.94 bits per heavy atom. The fraction of sp³-hybridized carbons (Fsp3) is 0.308. The molecule has 35 heavy (non-hydrogen) atoms. The molecule has 1 aliphatic heterocycles. The topological polar surface area (TPSA) is 80.8 Å². The van der Waals surface area contributed by atoms with E-state index in [2.05, 4.69) is 0 Å². The van der Waals surface area contributed by atoms with Crippen LogP contribution in [0.2, 0.25) is 10.0 Å². The monoisotopic (exact) mass is 531 g/mol. The molecule has 0 unspecified atom stereocenters. The lowest BCUT2D eigenvalue weighted by Gasteiger charge is -2.42. The van der Waals surface area contributed by atoms with Gasteiger partial charge in [-0.3, -0.25) is 9.59 Å². The first-order valence-corrected chi connectivity index (χ1v) is 13.6. The molecule has 2 aromatic carbocycles.